The minimum atomic E-state index is -2.88. The monoisotopic (exact) mass is 263 g/mol. The van der Waals surface area contributed by atoms with Crippen molar-refractivity contribution >= 4 is 5.91 Å². The third-order valence-electron chi connectivity index (χ3n) is 3.03. The van der Waals surface area contributed by atoms with Crippen LogP contribution in [0.4, 0.5) is 8.78 Å². The van der Waals surface area contributed by atoms with E-state index in [1.54, 1.807) is 0 Å². The van der Waals surface area contributed by atoms with Gasteiger partial charge in [0.2, 0.25) is 0 Å². The number of hydrogen-bond acceptors (Lipinski definition) is 1. The smallest absolute Gasteiger partial charge is 0.315 e. The van der Waals surface area contributed by atoms with E-state index in [1.807, 2.05) is 0 Å². The van der Waals surface area contributed by atoms with E-state index in [9.17, 15) is 13.6 Å². The Labute approximate surface area is 110 Å². The fraction of sp³-hybridized carbons (Fsp3) is 0.929. The van der Waals surface area contributed by atoms with E-state index in [0.717, 1.165) is 19.3 Å². The number of carbonyl (C=O) groups excluding carboxylic acids is 1. The van der Waals surface area contributed by atoms with Gasteiger partial charge in [-0.2, -0.15) is 8.78 Å². The third kappa shape index (κ3) is 11.8. The van der Waals surface area contributed by atoms with Crippen molar-refractivity contribution in [2.75, 3.05) is 6.54 Å². The molecule has 1 amide bonds. The van der Waals surface area contributed by atoms with E-state index < -0.39 is 12.3 Å². The van der Waals surface area contributed by atoms with Crippen LogP contribution >= 0.6 is 0 Å². The first-order chi connectivity index (χ1) is 8.68. The summed E-state index contributed by atoms with van der Waals surface area (Å²) < 4.78 is 23.6. The summed E-state index contributed by atoms with van der Waals surface area (Å²) in [6.07, 6.45) is 9.16. The van der Waals surface area contributed by atoms with E-state index >= 15 is 0 Å². The van der Waals surface area contributed by atoms with Crippen molar-refractivity contribution in [3.05, 3.63) is 0 Å². The van der Waals surface area contributed by atoms with Crippen molar-refractivity contribution < 1.29 is 13.6 Å². The summed E-state index contributed by atoms with van der Waals surface area (Å²) in [7, 11) is 0. The number of amides is 1. The van der Waals surface area contributed by atoms with Crippen molar-refractivity contribution in [3.8, 4) is 0 Å². The van der Waals surface area contributed by atoms with Crippen LogP contribution in [0.25, 0.3) is 0 Å². The molecule has 0 heterocycles. The van der Waals surface area contributed by atoms with Gasteiger partial charge in [0.1, 0.15) is 0 Å². The summed E-state index contributed by atoms with van der Waals surface area (Å²) in [5, 5.41) is 2.22. The van der Waals surface area contributed by atoms with Crippen LogP contribution in [-0.4, -0.2) is 18.9 Å². The first-order valence-electron chi connectivity index (χ1n) is 7.24. The molecule has 2 nitrogen and oxygen atoms in total. The second-order valence-corrected chi connectivity index (χ2v) is 4.77. The van der Waals surface area contributed by atoms with Gasteiger partial charge in [-0.05, 0) is 6.42 Å². The van der Waals surface area contributed by atoms with Crippen LogP contribution in [0.1, 0.15) is 71.1 Å². The molecule has 0 bridgehead atoms. The molecule has 18 heavy (non-hydrogen) atoms. The van der Waals surface area contributed by atoms with Crippen LogP contribution < -0.4 is 5.32 Å². The van der Waals surface area contributed by atoms with E-state index in [-0.39, 0.29) is 0 Å². The Hall–Kier alpha value is -0.670. The number of rotatable bonds is 12. The molecule has 0 aliphatic carbocycles. The highest BCUT2D eigenvalue weighted by Crippen LogP contribution is 2.10. The quantitative estimate of drug-likeness (QED) is 0.523. The van der Waals surface area contributed by atoms with E-state index in [2.05, 4.69) is 12.2 Å². The molecule has 0 atom stereocenters. The summed E-state index contributed by atoms with van der Waals surface area (Å²) in [4.78, 5) is 10.5. The average Bonchev–Trinajstić information content (AvgIpc) is 2.35. The molecule has 0 fully saturated rings. The lowest BCUT2D eigenvalue weighted by atomic mass is 10.1. The molecule has 0 aliphatic rings. The molecule has 0 radical (unpaired) electrons. The predicted molar refractivity (Wildman–Crippen MR) is 70.9 cm³/mol. The SMILES string of the molecule is CCCCCCCCCCCCNC(=O)C(F)F. The Bertz CT molecular complexity index is 198. The number of hydrogen-bond donors (Lipinski definition) is 1. The highest BCUT2D eigenvalue weighted by Gasteiger charge is 2.13. The average molecular weight is 263 g/mol. The first kappa shape index (κ1) is 17.3. The van der Waals surface area contributed by atoms with Gasteiger partial charge in [-0.1, -0.05) is 64.7 Å². The van der Waals surface area contributed by atoms with Gasteiger partial charge in [-0.25, -0.2) is 0 Å². The highest BCUT2D eigenvalue weighted by atomic mass is 19.3. The Morgan fingerprint density at radius 2 is 1.33 bits per heavy atom. The molecular formula is C14H27F2NO. The van der Waals surface area contributed by atoms with Crippen LogP contribution in [0.2, 0.25) is 0 Å². The summed E-state index contributed by atoms with van der Waals surface area (Å²) in [5.41, 5.74) is 0. The zero-order valence-corrected chi connectivity index (χ0v) is 11.5. The molecule has 0 spiro atoms. The number of halogens is 2. The van der Waals surface area contributed by atoms with E-state index in [0.29, 0.717) is 6.54 Å². The van der Waals surface area contributed by atoms with Gasteiger partial charge in [0.25, 0.3) is 5.91 Å². The maximum absolute atomic E-state index is 11.8. The van der Waals surface area contributed by atoms with Crippen molar-refractivity contribution in [1.29, 1.82) is 0 Å². The molecular weight excluding hydrogens is 236 g/mol. The van der Waals surface area contributed by atoms with Crippen LogP contribution in [0.15, 0.2) is 0 Å². The first-order valence-corrected chi connectivity index (χ1v) is 7.24. The zero-order chi connectivity index (χ0) is 13.6. The normalized spacial score (nSPS) is 10.9. The second kappa shape index (κ2) is 12.8. The maximum atomic E-state index is 11.8. The standard InChI is InChI=1S/C14H27F2NO/c1-2-3-4-5-6-7-8-9-10-11-12-17-14(18)13(15)16/h13H,2-12H2,1H3,(H,17,18). The lowest BCUT2D eigenvalue weighted by Crippen LogP contribution is -2.30. The van der Waals surface area contributed by atoms with Gasteiger partial charge < -0.3 is 5.32 Å². The van der Waals surface area contributed by atoms with Crippen molar-refractivity contribution in [3.63, 3.8) is 0 Å². The Morgan fingerprint density at radius 1 is 0.889 bits per heavy atom. The largest absolute Gasteiger partial charge is 0.351 e. The molecule has 0 aromatic rings. The molecule has 1 N–H and O–H groups in total. The Kier molecular flexibility index (Phi) is 12.3. The molecule has 0 saturated heterocycles. The summed E-state index contributed by atoms with van der Waals surface area (Å²) in [6, 6.07) is 0. The van der Waals surface area contributed by atoms with Crippen LogP contribution in [0.5, 0.6) is 0 Å². The predicted octanol–water partition coefficient (Wildman–Crippen LogP) is 4.29. The van der Waals surface area contributed by atoms with Gasteiger partial charge in [0.15, 0.2) is 0 Å². The molecule has 0 aliphatic heterocycles. The number of alkyl halides is 2. The van der Waals surface area contributed by atoms with Crippen LogP contribution in [-0.2, 0) is 4.79 Å². The van der Waals surface area contributed by atoms with Crippen LogP contribution in [0, 0.1) is 0 Å². The fourth-order valence-corrected chi connectivity index (χ4v) is 1.90. The molecule has 0 rings (SSSR count). The second-order valence-electron chi connectivity index (χ2n) is 4.77. The zero-order valence-electron chi connectivity index (χ0n) is 11.5. The van der Waals surface area contributed by atoms with E-state index in [4.69, 9.17) is 0 Å². The van der Waals surface area contributed by atoms with Crippen LogP contribution in [0.3, 0.4) is 0 Å². The number of carbonyl (C=O) groups is 1. The Balaban J connectivity index is 3.05. The molecule has 4 heteroatoms. The molecule has 0 aromatic carbocycles. The molecule has 0 saturated carbocycles. The van der Waals surface area contributed by atoms with Gasteiger partial charge in [0, 0.05) is 6.54 Å². The van der Waals surface area contributed by atoms with Gasteiger partial charge in [-0.15, -0.1) is 0 Å². The molecule has 0 unspecified atom stereocenters. The number of unbranched alkanes of at least 4 members (excludes halogenated alkanes) is 9. The third-order valence-corrected chi connectivity index (χ3v) is 3.03. The fourth-order valence-electron chi connectivity index (χ4n) is 1.90. The van der Waals surface area contributed by atoms with Crippen molar-refractivity contribution in [1.82, 2.24) is 5.32 Å². The molecule has 0 aromatic heterocycles. The van der Waals surface area contributed by atoms with Gasteiger partial charge in [0.05, 0.1) is 0 Å². The lowest BCUT2D eigenvalue weighted by molar-refractivity contribution is -0.131. The summed E-state index contributed by atoms with van der Waals surface area (Å²) in [5.74, 6) is -1.15. The minimum Gasteiger partial charge on any atom is -0.351 e. The maximum Gasteiger partial charge on any atom is 0.315 e. The van der Waals surface area contributed by atoms with E-state index in [1.165, 1.54) is 44.9 Å². The van der Waals surface area contributed by atoms with Crippen molar-refractivity contribution in [2.24, 2.45) is 0 Å². The highest BCUT2D eigenvalue weighted by molar-refractivity contribution is 5.78. The summed E-state index contributed by atoms with van der Waals surface area (Å²) >= 11 is 0. The minimum absolute atomic E-state index is 0.375. The molecule has 108 valence electrons. The lowest BCUT2D eigenvalue weighted by Gasteiger charge is -2.04. The van der Waals surface area contributed by atoms with Crippen molar-refractivity contribution in [2.45, 2.75) is 77.6 Å². The Morgan fingerprint density at radius 3 is 1.78 bits per heavy atom. The summed E-state index contributed by atoms with van der Waals surface area (Å²) in [6.45, 7) is 2.59. The topological polar surface area (TPSA) is 29.1 Å². The number of nitrogens with one attached hydrogen (secondary N) is 1. The van der Waals surface area contributed by atoms with Gasteiger partial charge >= 0.3 is 6.43 Å². The van der Waals surface area contributed by atoms with Gasteiger partial charge in [-0.3, -0.25) is 4.79 Å².